The van der Waals surface area contributed by atoms with E-state index in [1.165, 1.54) is 30.9 Å². The summed E-state index contributed by atoms with van der Waals surface area (Å²) in [6, 6.07) is 4.18. The van der Waals surface area contributed by atoms with Crippen molar-refractivity contribution in [3.05, 3.63) is 23.8 Å². The molecule has 1 N–H and O–H groups in total. The Balaban J connectivity index is 2.46. The first kappa shape index (κ1) is 15.5. The molecule has 0 spiro atoms. The lowest BCUT2D eigenvalue weighted by molar-refractivity contribution is -0.141. The summed E-state index contributed by atoms with van der Waals surface area (Å²) in [6.07, 6.45) is 0. The van der Waals surface area contributed by atoms with E-state index < -0.39 is 17.9 Å². The molecule has 1 heterocycles. The van der Waals surface area contributed by atoms with E-state index in [-0.39, 0.29) is 10.9 Å². The maximum absolute atomic E-state index is 12.8. The average Bonchev–Trinajstić information content (AvgIpc) is 2.87. The molecule has 114 valence electrons. The number of hydrogen-bond donors (Lipinski definition) is 1. The van der Waals surface area contributed by atoms with E-state index in [0.717, 1.165) is 0 Å². The number of benzene rings is 1. The number of rotatable bonds is 4. The standard InChI is InChI=1S/C14H17NO5S/c1-8-15(9(7-21-8)14(17)18)13(16)12-10(19-2)5-4-6-11(12)20-3/h4-6,8-9H,7H2,1-3H3,(H,17,18). The largest absolute Gasteiger partial charge is 0.496 e. The number of carboxylic acids is 1. The third-order valence-electron chi connectivity index (χ3n) is 3.38. The zero-order chi connectivity index (χ0) is 15.6. The van der Waals surface area contributed by atoms with Crippen molar-refractivity contribution in [1.29, 1.82) is 0 Å². The lowest BCUT2D eigenvalue weighted by Gasteiger charge is -2.26. The summed E-state index contributed by atoms with van der Waals surface area (Å²) < 4.78 is 10.4. The molecule has 6 nitrogen and oxygen atoms in total. The van der Waals surface area contributed by atoms with Crippen LogP contribution in [0.5, 0.6) is 11.5 Å². The zero-order valence-corrected chi connectivity index (χ0v) is 12.8. The Kier molecular flexibility index (Phi) is 4.62. The summed E-state index contributed by atoms with van der Waals surface area (Å²) in [5.41, 5.74) is 0.253. The van der Waals surface area contributed by atoms with Gasteiger partial charge in [-0.05, 0) is 19.1 Å². The van der Waals surface area contributed by atoms with Crippen molar-refractivity contribution in [3.8, 4) is 11.5 Å². The third kappa shape index (κ3) is 2.78. The fraction of sp³-hybridized carbons (Fsp3) is 0.429. The second-order valence-electron chi connectivity index (χ2n) is 4.54. The van der Waals surface area contributed by atoms with Crippen LogP contribution in [-0.4, -0.2) is 53.3 Å². The highest BCUT2D eigenvalue weighted by atomic mass is 32.2. The van der Waals surface area contributed by atoms with Gasteiger partial charge in [-0.3, -0.25) is 4.79 Å². The van der Waals surface area contributed by atoms with E-state index in [1.54, 1.807) is 18.2 Å². The highest BCUT2D eigenvalue weighted by molar-refractivity contribution is 8.00. The quantitative estimate of drug-likeness (QED) is 0.912. The number of aliphatic carboxylic acids is 1. The highest BCUT2D eigenvalue weighted by Crippen LogP contribution is 2.35. The molecular weight excluding hydrogens is 294 g/mol. The second kappa shape index (κ2) is 6.26. The molecule has 1 amide bonds. The lowest BCUT2D eigenvalue weighted by atomic mass is 10.1. The van der Waals surface area contributed by atoms with E-state index in [2.05, 4.69) is 0 Å². The Morgan fingerprint density at radius 3 is 2.33 bits per heavy atom. The molecule has 1 fully saturated rings. The van der Waals surface area contributed by atoms with Gasteiger partial charge in [-0.2, -0.15) is 0 Å². The smallest absolute Gasteiger partial charge is 0.327 e. The third-order valence-corrected chi connectivity index (χ3v) is 4.60. The minimum absolute atomic E-state index is 0.215. The molecule has 0 saturated carbocycles. The molecule has 0 radical (unpaired) electrons. The molecule has 2 unspecified atom stereocenters. The summed E-state index contributed by atoms with van der Waals surface area (Å²) in [5, 5.41) is 9.07. The molecule has 1 aliphatic heterocycles. The van der Waals surface area contributed by atoms with Crippen molar-refractivity contribution in [2.24, 2.45) is 0 Å². The van der Waals surface area contributed by atoms with Crippen LogP contribution >= 0.6 is 11.8 Å². The molecule has 0 aliphatic carbocycles. The number of ether oxygens (including phenoxy) is 2. The number of carbonyl (C=O) groups excluding carboxylic acids is 1. The SMILES string of the molecule is COc1cccc(OC)c1C(=O)N1C(C)SCC1C(=O)O. The van der Waals surface area contributed by atoms with Crippen molar-refractivity contribution >= 4 is 23.6 Å². The molecule has 1 aromatic rings. The van der Waals surface area contributed by atoms with Gasteiger partial charge in [0.2, 0.25) is 0 Å². The maximum atomic E-state index is 12.8. The summed E-state index contributed by atoms with van der Waals surface area (Å²) in [6.45, 7) is 1.81. The summed E-state index contributed by atoms with van der Waals surface area (Å²) in [5.74, 6) is -0.289. The van der Waals surface area contributed by atoms with Crippen molar-refractivity contribution < 1.29 is 24.2 Å². The van der Waals surface area contributed by atoms with Gasteiger partial charge in [-0.15, -0.1) is 11.8 Å². The first-order chi connectivity index (χ1) is 10.0. The minimum atomic E-state index is -1.01. The Morgan fingerprint density at radius 2 is 1.86 bits per heavy atom. The Hall–Kier alpha value is -1.89. The van der Waals surface area contributed by atoms with Crippen LogP contribution in [0.3, 0.4) is 0 Å². The summed E-state index contributed by atoms with van der Waals surface area (Å²) >= 11 is 1.43. The van der Waals surface area contributed by atoms with Gasteiger partial charge in [0.15, 0.2) is 0 Å². The molecule has 2 atom stereocenters. The zero-order valence-electron chi connectivity index (χ0n) is 12.0. The van der Waals surface area contributed by atoms with Gasteiger partial charge >= 0.3 is 5.97 Å². The van der Waals surface area contributed by atoms with Crippen molar-refractivity contribution in [2.45, 2.75) is 18.3 Å². The molecule has 1 aromatic carbocycles. The van der Waals surface area contributed by atoms with Crippen LogP contribution in [0.25, 0.3) is 0 Å². The Morgan fingerprint density at radius 1 is 1.29 bits per heavy atom. The maximum Gasteiger partial charge on any atom is 0.327 e. The fourth-order valence-corrected chi connectivity index (χ4v) is 3.50. The highest BCUT2D eigenvalue weighted by Gasteiger charge is 2.41. The second-order valence-corrected chi connectivity index (χ2v) is 5.89. The Labute approximate surface area is 127 Å². The van der Waals surface area contributed by atoms with Crippen molar-refractivity contribution in [2.75, 3.05) is 20.0 Å². The van der Waals surface area contributed by atoms with E-state index in [9.17, 15) is 14.7 Å². The lowest BCUT2D eigenvalue weighted by Crippen LogP contribution is -2.45. The first-order valence-corrected chi connectivity index (χ1v) is 7.44. The molecule has 2 rings (SSSR count). The van der Waals surface area contributed by atoms with Gasteiger partial charge in [0, 0.05) is 5.75 Å². The minimum Gasteiger partial charge on any atom is -0.496 e. The number of methoxy groups -OCH3 is 2. The average molecular weight is 311 g/mol. The molecule has 21 heavy (non-hydrogen) atoms. The number of carbonyl (C=O) groups is 2. The number of thioether (sulfide) groups is 1. The van der Waals surface area contributed by atoms with Crippen LogP contribution in [0.2, 0.25) is 0 Å². The number of hydrogen-bond acceptors (Lipinski definition) is 5. The Bertz CT molecular complexity index is 540. The van der Waals surface area contributed by atoms with Crippen molar-refractivity contribution in [1.82, 2.24) is 4.90 Å². The molecular formula is C14H17NO5S. The van der Waals surface area contributed by atoms with Crippen LogP contribution in [0, 0.1) is 0 Å². The molecule has 0 aromatic heterocycles. The summed E-state index contributed by atoms with van der Waals surface area (Å²) in [7, 11) is 2.92. The van der Waals surface area contributed by atoms with Crippen LogP contribution in [0.15, 0.2) is 18.2 Å². The van der Waals surface area contributed by atoms with Crippen LogP contribution < -0.4 is 9.47 Å². The van der Waals surface area contributed by atoms with Crippen LogP contribution in [0.4, 0.5) is 0 Å². The van der Waals surface area contributed by atoms with Gasteiger partial charge in [0.1, 0.15) is 23.1 Å². The summed E-state index contributed by atoms with van der Waals surface area (Å²) in [4.78, 5) is 25.5. The van der Waals surface area contributed by atoms with E-state index >= 15 is 0 Å². The van der Waals surface area contributed by atoms with E-state index in [1.807, 2.05) is 6.92 Å². The predicted molar refractivity (Wildman–Crippen MR) is 79.1 cm³/mol. The molecule has 1 saturated heterocycles. The normalized spacial score (nSPS) is 21.2. The van der Waals surface area contributed by atoms with E-state index in [4.69, 9.17) is 9.47 Å². The van der Waals surface area contributed by atoms with Gasteiger partial charge in [-0.1, -0.05) is 6.07 Å². The van der Waals surface area contributed by atoms with Gasteiger partial charge < -0.3 is 19.5 Å². The van der Waals surface area contributed by atoms with Crippen LogP contribution in [0.1, 0.15) is 17.3 Å². The number of carboxylic acid groups (broad SMARTS) is 1. The number of nitrogens with zero attached hydrogens (tertiary/aromatic N) is 1. The molecule has 7 heteroatoms. The number of amides is 1. The van der Waals surface area contributed by atoms with Crippen LogP contribution in [-0.2, 0) is 4.79 Å². The van der Waals surface area contributed by atoms with Gasteiger partial charge in [0.25, 0.3) is 5.91 Å². The monoisotopic (exact) mass is 311 g/mol. The van der Waals surface area contributed by atoms with E-state index in [0.29, 0.717) is 17.3 Å². The topological polar surface area (TPSA) is 76.1 Å². The molecule has 1 aliphatic rings. The van der Waals surface area contributed by atoms with Gasteiger partial charge in [-0.25, -0.2) is 4.79 Å². The first-order valence-electron chi connectivity index (χ1n) is 6.39. The van der Waals surface area contributed by atoms with Crippen molar-refractivity contribution in [3.63, 3.8) is 0 Å². The van der Waals surface area contributed by atoms with Gasteiger partial charge in [0.05, 0.1) is 19.6 Å². The molecule has 0 bridgehead atoms. The fourth-order valence-electron chi connectivity index (χ4n) is 2.33. The predicted octanol–water partition coefficient (Wildman–Crippen LogP) is 1.69.